The molecule has 6 nitrogen and oxygen atoms in total. The van der Waals surface area contributed by atoms with Crippen molar-refractivity contribution in [1.29, 1.82) is 0 Å². The monoisotopic (exact) mass is 410 g/mol. The molecule has 0 fully saturated rings. The summed E-state index contributed by atoms with van der Waals surface area (Å²) in [5, 5.41) is 11.6. The molecule has 0 atom stereocenters. The number of aryl methyl sites for hydroxylation is 1. The van der Waals surface area contributed by atoms with E-state index in [0.717, 1.165) is 26.7 Å². The Balaban J connectivity index is 2.30. The van der Waals surface area contributed by atoms with Crippen LogP contribution in [-0.4, -0.2) is 35.8 Å². The Morgan fingerprint density at radius 1 is 1.52 bits per heavy atom. The van der Waals surface area contributed by atoms with E-state index in [1.165, 1.54) is 18.4 Å². The number of carboxylic acids is 1. The standard InChI is InChI=1S/C11H11BrN2O4S3/c1-6-13-7(5-19-6)4-14(2)21(17,18)9-3-8(11(15)16)20-10(9)12/h3,5H,4H2,1-2H3,(H,15,16). The summed E-state index contributed by atoms with van der Waals surface area (Å²) in [6, 6.07) is 1.16. The average Bonchev–Trinajstić information content (AvgIpc) is 2.96. The molecule has 2 aromatic rings. The molecule has 2 aromatic heterocycles. The summed E-state index contributed by atoms with van der Waals surface area (Å²) in [6.07, 6.45) is 0. The minimum Gasteiger partial charge on any atom is -0.477 e. The van der Waals surface area contributed by atoms with Gasteiger partial charge in [-0.1, -0.05) is 0 Å². The van der Waals surface area contributed by atoms with Gasteiger partial charge in [0.25, 0.3) is 0 Å². The van der Waals surface area contributed by atoms with E-state index in [-0.39, 0.29) is 20.1 Å². The Labute approximate surface area is 138 Å². The molecule has 0 amide bonds. The number of hydrogen-bond acceptors (Lipinski definition) is 6. The molecular formula is C11H11BrN2O4S3. The smallest absolute Gasteiger partial charge is 0.345 e. The molecule has 0 aromatic carbocycles. The van der Waals surface area contributed by atoms with Gasteiger partial charge in [-0.25, -0.2) is 18.2 Å². The van der Waals surface area contributed by atoms with E-state index in [1.54, 1.807) is 5.38 Å². The minimum atomic E-state index is -3.77. The Bertz CT molecular complexity index is 781. The fourth-order valence-electron chi connectivity index (χ4n) is 1.60. The molecule has 0 bridgehead atoms. The van der Waals surface area contributed by atoms with Crippen molar-refractivity contribution in [3.05, 3.63) is 30.8 Å². The van der Waals surface area contributed by atoms with Crippen molar-refractivity contribution in [1.82, 2.24) is 9.29 Å². The molecule has 2 heterocycles. The Hall–Kier alpha value is -0.810. The number of nitrogens with zero attached hydrogens (tertiary/aromatic N) is 2. The van der Waals surface area contributed by atoms with Crippen molar-refractivity contribution in [3.8, 4) is 0 Å². The number of hydrogen-bond donors (Lipinski definition) is 1. The first-order chi connectivity index (χ1) is 9.71. The van der Waals surface area contributed by atoms with Crippen LogP contribution >= 0.6 is 38.6 Å². The maximum atomic E-state index is 12.5. The van der Waals surface area contributed by atoms with E-state index in [4.69, 9.17) is 5.11 Å². The Kier molecular flexibility index (Phi) is 4.83. The van der Waals surface area contributed by atoms with Gasteiger partial charge in [0.15, 0.2) is 0 Å². The summed E-state index contributed by atoms with van der Waals surface area (Å²) in [7, 11) is -2.33. The van der Waals surface area contributed by atoms with E-state index in [1.807, 2.05) is 6.92 Å². The second-order valence-corrected chi connectivity index (χ2v) is 9.62. The molecule has 10 heteroatoms. The van der Waals surface area contributed by atoms with E-state index in [0.29, 0.717) is 5.69 Å². The number of thiophene rings is 1. The fraction of sp³-hybridized carbons (Fsp3) is 0.273. The lowest BCUT2D eigenvalue weighted by Crippen LogP contribution is -2.26. The number of rotatable bonds is 5. The lowest BCUT2D eigenvalue weighted by molar-refractivity contribution is 0.0702. The van der Waals surface area contributed by atoms with E-state index in [2.05, 4.69) is 20.9 Å². The number of thiazole rings is 1. The lowest BCUT2D eigenvalue weighted by atomic mass is 10.5. The normalized spacial score (nSPS) is 12.0. The molecule has 114 valence electrons. The Morgan fingerprint density at radius 2 is 2.19 bits per heavy atom. The summed E-state index contributed by atoms with van der Waals surface area (Å²) in [6.45, 7) is 1.98. The molecule has 0 aliphatic heterocycles. The third kappa shape index (κ3) is 3.51. The first kappa shape index (κ1) is 16.6. The van der Waals surface area contributed by atoms with Crippen LogP contribution < -0.4 is 0 Å². The molecule has 0 aliphatic rings. The summed E-state index contributed by atoms with van der Waals surface area (Å²) in [4.78, 5) is 15.1. The van der Waals surface area contributed by atoms with Crippen molar-refractivity contribution >= 4 is 54.6 Å². The van der Waals surface area contributed by atoms with Crippen LogP contribution in [0, 0.1) is 6.92 Å². The Morgan fingerprint density at radius 3 is 2.67 bits per heavy atom. The number of carboxylic acid groups (broad SMARTS) is 1. The van der Waals surface area contributed by atoms with Crippen molar-refractivity contribution in [2.45, 2.75) is 18.4 Å². The lowest BCUT2D eigenvalue weighted by Gasteiger charge is -2.15. The van der Waals surface area contributed by atoms with Gasteiger partial charge < -0.3 is 5.11 Å². The molecule has 21 heavy (non-hydrogen) atoms. The number of aromatic carboxylic acids is 1. The number of sulfonamides is 1. The van der Waals surface area contributed by atoms with E-state index < -0.39 is 16.0 Å². The van der Waals surface area contributed by atoms with Crippen molar-refractivity contribution in [3.63, 3.8) is 0 Å². The molecular weight excluding hydrogens is 400 g/mol. The predicted molar refractivity (Wildman–Crippen MR) is 84.5 cm³/mol. The molecule has 0 saturated carbocycles. The zero-order valence-corrected chi connectivity index (χ0v) is 15.1. The quantitative estimate of drug-likeness (QED) is 0.818. The van der Waals surface area contributed by atoms with Gasteiger partial charge in [0, 0.05) is 12.4 Å². The summed E-state index contributed by atoms with van der Waals surface area (Å²) < 4.78 is 26.4. The van der Waals surface area contributed by atoms with Crippen LogP contribution in [0.25, 0.3) is 0 Å². The number of aromatic nitrogens is 1. The highest BCUT2D eigenvalue weighted by atomic mass is 79.9. The van der Waals surface area contributed by atoms with E-state index in [9.17, 15) is 13.2 Å². The van der Waals surface area contributed by atoms with Gasteiger partial charge in [0.05, 0.1) is 21.0 Å². The van der Waals surface area contributed by atoms with Gasteiger partial charge in [-0.3, -0.25) is 0 Å². The van der Waals surface area contributed by atoms with Crippen LogP contribution in [0.15, 0.2) is 20.1 Å². The summed E-state index contributed by atoms with van der Waals surface area (Å²) >= 11 is 5.44. The van der Waals surface area contributed by atoms with Gasteiger partial charge in [-0.05, 0) is 28.9 Å². The highest BCUT2D eigenvalue weighted by Crippen LogP contribution is 2.33. The maximum Gasteiger partial charge on any atom is 0.345 e. The topological polar surface area (TPSA) is 87.6 Å². The molecule has 0 aliphatic carbocycles. The zero-order valence-electron chi connectivity index (χ0n) is 11.0. The molecule has 0 unspecified atom stereocenters. The zero-order chi connectivity index (χ0) is 15.8. The fourth-order valence-corrected chi connectivity index (χ4v) is 5.69. The summed E-state index contributed by atoms with van der Waals surface area (Å²) in [5.41, 5.74) is 0.661. The first-order valence-electron chi connectivity index (χ1n) is 5.62. The van der Waals surface area contributed by atoms with Crippen LogP contribution in [0.4, 0.5) is 0 Å². The predicted octanol–water partition coefficient (Wildman–Crippen LogP) is 2.79. The summed E-state index contributed by atoms with van der Waals surface area (Å²) in [5.74, 6) is -1.15. The highest BCUT2D eigenvalue weighted by Gasteiger charge is 2.27. The van der Waals surface area contributed by atoms with Crippen LogP contribution in [-0.2, 0) is 16.6 Å². The average molecular weight is 411 g/mol. The maximum absolute atomic E-state index is 12.5. The first-order valence-corrected chi connectivity index (χ1v) is 9.54. The van der Waals surface area contributed by atoms with Crippen molar-refractivity contribution in [2.24, 2.45) is 0 Å². The van der Waals surface area contributed by atoms with Gasteiger partial charge in [0.2, 0.25) is 10.0 Å². The molecule has 1 N–H and O–H groups in total. The molecule has 0 spiro atoms. The highest BCUT2D eigenvalue weighted by molar-refractivity contribution is 9.11. The molecule has 0 radical (unpaired) electrons. The number of carbonyl (C=O) groups is 1. The second kappa shape index (κ2) is 6.13. The van der Waals surface area contributed by atoms with Gasteiger partial charge in [0.1, 0.15) is 9.77 Å². The minimum absolute atomic E-state index is 0.0293. The second-order valence-electron chi connectivity index (χ2n) is 4.17. The number of halogens is 1. The van der Waals surface area contributed by atoms with Crippen LogP contribution in [0.3, 0.4) is 0 Å². The van der Waals surface area contributed by atoms with Gasteiger partial charge in [-0.2, -0.15) is 4.31 Å². The third-order valence-electron chi connectivity index (χ3n) is 2.61. The SMILES string of the molecule is Cc1nc(CN(C)S(=O)(=O)c2cc(C(=O)O)sc2Br)cs1. The van der Waals surface area contributed by atoms with Gasteiger partial charge >= 0.3 is 5.97 Å². The van der Waals surface area contributed by atoms with Crippen LogP contribution in [0.2, 0.25) is 0 Å². The van der Waals surface area contributed by atoms with Gasteiger partial charge in [-0.15, -0.1) is 22.7 Å². The largest absolute Gasteiger partial charge is 0.477 e. The van der Waals surface area contributed by atoms with Crippen molar-refractivity contribution in [2.75, 3.05) is 7.05 Å². The molecule has 2 rings (SSSR count). The molecule has 0 saturated heterocycles. The van der Waals surface area contributed by atoms with Crippen molar-refractivity contribution < 1.29 is 18.3 Å². The van der Waals surface area contributed by atoms with Crippen LogP contribution in [0.5, 0.6) is 0 Å². The van der Waals surface area contributed by atoms with Crippen LogP contribution in [0.1, 0.15) is 20.4 Å². The van der Waals surface area contributed by atoms with E-state index >= 15 is 0 Å². The third-order valence-corrected chi connectivity index (χ3v) is 7.47.